The van der Waals surface area contributed by atoms with Crippen LogP contribution in [-0.4, -0.2) is 40.5 Å². The summed E-state index contributed by atoms with van der Waals surface area (Å²) in [5.74, 6) is -1.07. The lowest BCUT2D eigenvalue weighted by atomic mass is 10.2. The van der Waals surface area contributed by atoms with E-state index in [-0.39, 0.29) is 23.7 Å². The van der Waals surface area contributed by atoms with Crippen LogP contribution in [0.5, 0.6) is 0 Å². The molecule has 5 nitrogen and oxygen atoms in total. The SMILES string of the molecule is O=C(O)c1cc(Cl)c(NCC(O)CO)c(Br)c1. The Kier molecular flexibility index (Phi) is 5.20. The van der Waals surface area contributed by atoms with E-state index in [1.165, 1.54) is 12.1 Å². The zero-order valence-corrected chi connectivity index (χ0v) is 11.0. The molecule has 0 radical (unpaired) electrons. The van der Waals surface area contributed by atoms with E-state index in [1.54, 1.807) is 0 Å². The number of hydrogen-bond donors (Lipinski definition) is 4. The summed E-state index contributed by atoms with van der Waals surface area (Å²) < 4.78 is 0.479. The number of aromatic carboxylic acids is 1. The maximum atomic E-state index is 10.8. The summed E-state index contributed by atoms with van der Waals surface area (Å²) in [4.78, 5) is 10.8. The van der Waals surface area contributed by atoms with Gasteiger partial charge in [0.2, 0.25) is 0 Å². The number of benzene rings is 1. The normalized spacial score (nSPS) is 12.2. The maximum Gasteiger partial charge on any atom is 0.335 e. The number of rotatable bonds is 5. The summed E-state index contributed by atoms with van der Waals surface area (Å²) in [6.45, 7) is -0.253. The molecule has 0 saturated carbocycles. The zero-order chi connectivity index (χ0) is 13.0. The van der Waals surface area contributed by atoms with E-state index < -0.39 is 12.1 Å². The molecule has 0 aliphatic rings. The first-order valence-electron chi connectivity index (χ1n) is 4.70. The molecule has 0 aliphatic heterocycles. The summed E-state index contributed by atoms with van der Waals surface area (Å²) in [5.41, 5.74) is 0.541. The Bertz CT molecular complexity index is 404. The van der Waals surface area contributed by atoms with Crippen molar-refractivity contribution in [2.24, 2.45) is 0 Å². The van der Waals surface area contributed by atoms with E-state index >= 15 is 0 Å². The molecular formula is C10H11BrClNO4. The molecule has 0 amide bonds. The van der Waals surface area contributed by atoms with Gasteiger partial charge in [-0.2, -0.15) is 0 Å². The topological polar surface area (TPSA) is 89.8 Å². The van der Waals surface area contributed by atoms with Gasteiger partial charge in [-0.1, -0.05) is 11.6 Å². The van der Waals surface area contributed by atoms with Gasteiger partial charge in [0.15, 0.2) is 0 Å². The number of carbonyl (C=O) groups is 1. The van der Waals surface area contributed by atoms with Crippen molar-refractivity contribution in [2.45, 2.75) is 6.10 Å². The molecule has 0 aromatic heterocycles. The molecule has 1 aromatic carbocycles. The van der Waals surface area contributed by atoms with Crippen LogP contribution in [0.2, 0.25) is 5.02 Å². The number of aliphatic hydroxyl groups excluding tert-OH is 2. The molecule has 17 heavy (non-hydrogen) atoms. The van der Waals surface area contributed by atoms with Crippen molar-refractivity contribution in [3.05, 3.63) is 27.2 Å². The third-order valence-electron chi connectivity index (χ3n) is 2.01. The predicted molar refractivity (Wildman–Crippen MR) is 67.7 cm³/mol. The first-order valence-corrected chi connectivity index (χ1v) is 5.88. The third kappa shape index (κ3) is 3.85. The van der Waals surface area contributed by atoms with E-state index in [0.717, 1.165) is 0 Å². The molecule has 1 aromatic rings. The molecule has 0 saturated heterocycles. The molecule has 0 spiro atoms. The minimum atomic E-state index is -1.07. The quantitative estimate of drug-likeness (QED) is 0.660. The van der Waals surface area contributed by atoms with Crippen molar-refractivity contribution < 1.29 is 20.1 Å². The van der Waals surface area contributed by atoms with Gasteiger partial charge in [0.25, 0.3) is 0 Å². The van der Waals surface area contributed by atoms with Crippen LogP contribution < -0.4 is 5.32 Å². The van der Waals surface area contributed by atoms with Crippen LogP contribution in [-0.2, 0) is 0 Å². The van der Waals surface area contributed by atoms with Crippen LogP contribution in [0.3, 0.4) is 0 Å². The Morgan fingerprint density at radius 3 is 2.65 bits per heavy atom. The van der Waals surface area contributed by atoms with Gasteiger partial charge in [0.05, 0.1) is 29.0 Å². The fourth-order valence-corrected chi connectivity index (χ4v) is 2.15. The van der Waals surface area contributed by atoms with Crippen LogP contribution in [0.25, 0.3) is 0 Å². The van der Waals surface area contributed by atoms with Crippen molar-refractivity contribution in [3.8, 4) is 0 Å². The Hall–Kier alpha value is -0.820. The second-order valence-electron chi connectivity index (χ2n) is 3.34. The molecule has 1 rings (SSSR count). The average Bonchev–Trinajstić information content (AvgIpc) is 2.27. The molecule has 7 heteroatoms. The van der Waals surface area contributed by atoms with Gasteiger partial charge in [0, 0.05) is 11.0 Å². The Labute approximate surface area is 111 Å². The van der Waals surface area contributed by atoms with Crippen molar-refractivity contribution in [2.75, 3.05) is 18.5 Å². The lowest BCUT2D eigenvalue weighted by Crippen LogP contribution is -2.23. The standard InChI is InChI=1S/C10H11BrClNO4/c11-7-1-5(10(16)17)2-8(12)9(7)13-3-6(15)4-14/h1-2,6,13-15H,3-4H2,(H,16,17). The van der Waals surface area contributed by atoms with Gasteiger partial charge >= 0.3 is 5.97 Å². The lowest BCUT2D eigenvalue weighted by Gasteiger charge is -2.13. The molecule has 0 aliphatic carbocycles. The molecule has 94 valence electrons. The van der Waals surface area contributed by atoms with E-state index in [2.05, 4.69) is 21.2 Å². The fourth-order valence-electron chi connectivity index (χ4n) is 1.15. The number of nitrogens with one attached hydrogen (secondary N) is 1. The maximum absolute atomic E-state index is 10.8. The highest BCUT2D eigenvalue weighted by Gasteiger charge is 2.12. The molecule has 0 bridgehead atoms. The first kappa shape index (κ1) is 14.2. The van der Waals surface area contributed by atoms with Crippen LogP contribution in [0, 0.1) is 0 Å². The van der Waals surface area contributed by atoms with Crippen LogP contribution >= 0.6 is 27.5 Å². The predicted octanol–water partition coefficient (Wildman–Crippen LogP) is 1.57. The smallest absolute Gasteiger partial charge is 0.335 e. The highest BCUT2D eigenvalue weighted by atomic mass is 79.9. The summed E-state index contributed by atoms with van der Waals surface area (Å²) in [5, 5.41) is 29.7. The van der Waals surface area contributed by atoms with Crippen LogP contribution in [0.4, 0.5) is 5.69 Å². The molecular weight excluding hydrogens is 313 g/mol. The van der Waals surface area contributed by atoms with Gasteiger partial charge < -0.3 is 20.6 Å². The number of aliphatic hydroxyl groups is 2. The number of anilines is 1. The second kappa shape index (κ2) is 6.20. The first-order chi connectivity index (χ1) is 7.95. The Morgan fingerprint density at radius 1 is 1.53 bits per heavy atom. The number of hydrogen-bond acceptors (Lipinski definition) is 4. The van der Waals surface area contributed by atoms with E-state index in [4.69, 9.17) is 21.8 Å². The summed E-state index contributed by atoms with van der Waals surface area (Å²) >= 11 is 9.09. The number of carboxylic acids is 1. The molecule has 0 fully saturated rings. The van der Waals surface area contributed by atoms with Gasteiger partial charge in [0.1, 0.15) is 0 Å². The molecule has 0 heterocycles. The number of carboxylic acid groups (broad SMARTS) is 1. The second-order valence-corrected chi connectivity index (χ2v) is 4.60. The van der Waals surface area contributed by atoms with E-state index in [1.807, 2.05) is 0 Å². The minimum absolute atomic E-state index is 0.0649. The Balaban J connectivity index is 2.90. The van der Waals surface area contributed by atoms with E-state index in [9.17, 15) is 9.90 Å². The van der Waals surface area contributed by atoms with Crippen molar-refractivity contribution >= 4 is 39.2 Å². The highest BCUT2D eigenvalue weighted by molar-refractivity contribution is 9.10. The van der Waals surface area contributed by atoms with Crippen molar-refractivity contribution in [1.82, 2.24) is 0 Å². The van der Waals surface area contributed by atoms with Crippen molar-refractivity contribution in [1.29, 1.82) is 0 Å². The average molecular weight is 325 g/mol. The summed E-state index contributed by atoms with van der Waals surface area (Å²) in [6.07, 6.45) is -0.905. The highest BCUT2D eigenvalue weighted by Crippen LogP contribution is 2.32. The van der Waals surface area contributed by atoms with E-state index in [0.29, 0.717) is 10.2 Å². The lowest BCUT2D eigenvalue weighted by molar-refractivity contribution is 0.0697. The van der Waals surface area contributed by atoms with Gasteiger partial charge in [-0.05, 0) is 28.1 Å². The third-order valence-corrected chi connectivity index (χ3v) is 2.94. The van der Waals surface area contributed by atoms with Crippen LogP contribution in [0.1, 0.15) is 10.4 Å². The summed E-state index contributed by atoms with van der Waals surface area (Å²) in [7, 11) is 0. The van der Waals surface area contributed by atoms with Gasteiger partial charge in [-0.3, -0.25) is 0 Å². The molecule has 1 unspecified atom stereocenters. The monoisotopic (exact) mass is 323 g/mol. The number of halogens is 2. The minimum Gasteiger partial charge on any atom is -0.478 e. The Morgan fingerprint density at radius 2 is 2.18 bits per heavy atom. The van der Waals surface area contributed by atoms with Gasteiger partial charge in [-0.25, -0.2) is 4.79 Å². The largest absolute Gasteiger partial charge is 0.478 e. The molecule has 1 atom stereocenters. The fraction of sp³-hybridized carbons (Fsp3) is 0.300. The summed E-state index contributed by atoms with van der Waals surface area (Å²) in [6, 6.07) is 2.71. The zero-order valence-electron chi connectivity index (χ0n) is 8.65. The van der Waals surface area contributed by atoms with Gasteiger partial charge in [-0.15, -0.1) is 0 Å². The van der Waals surface area contributed by atoms with Crippen LogP contribution in [0.15, 0.2) is 16.6 Å². The van der Waals surface area contributed by atoms with Crippen molar-refractivity contribution in [3.63, 3.8) is 0 Å². The molecule has 4 N–H and O–H groups in total.